The molecule has 6 nitrogen and oxygen atoms in total. The van der Waals surface area contributed by atoms with E-state index in [4.69, 9.17) is 9.47 Å². The first-order chi connectivity index (χ1) is 16.7. The Labute approximate surface area is 199 Å². The predicted octanol–water partition coefficient (Wildman–Crippen LogP) is 4.40. The SMILES string of the molecule is O=C(COc1cccc(OCC(=O)N2CCCc3ccccc32)c1)N1CCCc2ccccc21. The van der Waals surface area contributed by atoms with Crippen molar-refractivity contribution in [3.63, 3.8) is 0 Å². The summed E-state index contributed by atoms with van der Waals surface area (Å²) in [6.45, 7) is 1.29. The summed E-state index contributed by atoms with van der Waals surface area (Å²) in [7, 11) is 0. The van der Waals surface area contributed by atoms with Gasteiger partial charge in [0.25, 0.3) is 11.8 Å². The highest BCUT2D eigenvalue weighted by atomic mass is 16.5. The fraction of sp³-hybridized carbons (Fsp3) is 0.286. The lowest BCUT2D eigenvalue weighted by Gasteiger charge is -2.29. The van der Waals surface area contributed by atoms with E-state index in [1.165, 1.54) is 11.1 Å². The number of fused-ring (bicyclic) bond motifs is 2. The van der Waals surface area contributed by atoms with E-state index in [2.05, 4.69) is 12.1 Å². The van der Waals surface area contributed by atoms with Gasteiger partial charge in [-0.2, -0.15) is 0 Å². The van der Waals surface area contributed by atoms with E-state index >= 15 is 0 Å². The maximum absolute atomic E-state index is 12.8. The molecule has 2 aliphatic rings. The number of para-hydroxylation sites is 2. The highest BCUT2D eigenvalue weighted by Gasteiger charge is 2.23. The van der Waals surface area contributed by atoms with E-state index in [1.54, 1.807) is 34.1 Å². The van der Waals surface area contributed by atoms with Crippen molar-refractivity contribution in [2.75, 3.05) is 36.1 Å². The van der Waals surface area contributed by atoms with E-state index in [0.29, 0.717) is 24.6 Å². The number of ether oxygens (including phenoxy) is 2. The van der Waals surface area contributed by atoms with Crippen LogP contribution in [0.5, 0.6) is 11.5 Å². The summed E-state index contributed by atoms with van der Waals surface area (Å²) in [5, 5.41) is 0. The van der Waals surface area contributed by atoms with Crippen molar-refractivity contribution in [3.8, 4) is 11.5 Å². The lowest BCUT2D eigenvalue weighted by Crippen LogP contribution is -2.38. The van der Waals surface area contributed by atoms with E-state index in [9.17, 15) is 9.59 Å². The van der Waals surface area contributed by atoms with Crippen molar-refractivity contribution in [3.05, 3.63) is 83.9 Å². The van der Waals surface area contributed by atoms with Crippen molar-refractivity contribution in [2.45, 2.75) is 25.7 Å². The number of amides is 2. The third kappa shape index (κ3) is 4.76. The Hall–Kier alpha value is -3.80. The highest BCUT2D eigenvalue weighted by Crippen LogP contribution is 2.28. The zero-order chi connectivity index (χ0) is 23.3. The van der Waals surface area contributed by atoms with Gasteiger partial charge in [-0.1, -0.05) is 42.5 Å². The minimum absolute atomic E-state index is 0.0543. The van der Waals surface area contributed by atoms with Crippen molar-refractivity contribution < 1.29 is 19.1 Å². The summed E-state index contributed by atoms with van der Waals surface area (Å²) < 4.78 is 11.6. The molecule has 2 aliphatic heterocycles. The molecule has 0 bridgehead atoms. The molecule has 3 aromatic carbocycles. The molecule has 0 radical (unpaired) electrons. The van der Waals surface area contributed by atoms with Gasteiger partial charge in [0.15, 0.2) is 13.2 Å². The maximum atomic E-state index is 12.8. The van der Waals surface area contributed by atoms with Crippen molar-refractivity contribution in [1.29, 1.82) is 0 Å². The summed E-state index contributed by atoms with van der Waals surface area (Å²) in [4.78, 5) is 29.3. The van der Waals surface area contributed by atoms with Crippen LogP contribution in [0.15, 0.2) is 72.8 Å². The number of hydrogen-bond donors (Lipinski definition) is 0. The average Bonchev–Trinajstić information content (AvgIpc) is 2.90. The summed E-state index contributed by atoms with van der Waals surface area (Å²) in [5.74, 6) is 0.925. The number of carbonyl (C=O) groups excluding carboxylic acids is 2. The number of rotatable bonds is 6. The lowest BCUT2D eigenvalue weighted by molar-refractivity contribution is -0.121. The molecule has 6 heteroatoms. The molecular formula is C28H28N2O4. The third-order valence-corrected chi connectivity index (χ3v) is 6.35. The number of benzene rings is 3. The number of aryl methyl sites for hydroxylation is 2. The number of nitrogens with zero attached hydrogens (tertiary/aromatic N) is 2. The second kappa shape index (κ2) is 10.00. The second-order valence-corrected chi connectivity index (χ2v) is 8.61. The maximum Gasteiger partial charge on any atom is 0.264 e. The minimum Gasteiger partial charge on any atom is -0.484 e. The van der Waals surface area contributed by atoms with Crippen molar-refractivity contribution >= 4 is 23.2 Å². The van der Waals surface area contributed by atoms with Gasteiger partial charge >= 0.3 is 0 Å². The first kappa shape index (κ1) is 22.0. The van der Waals surface area contributed by atoms with Crippen molar-refractivity contribution in [1.82, 2.24) is 0 Å². The molecule has 0 saturated carbocycles. The zero-order valence-corrected chi connectivity index (χ0v) is 19.1. The Bertz CT molecular complexity index is 1100. The lowest BCUT2D eigenvalue weighted by atomic mass is 10.0. The smallest absolute Gasteiger partial charge is 0.264 e. The molecule has 34 heavy (non-hydrogen) atoms. The van der Waals surface area contributed by atoms with Gasteiger partial charge in [0.05, 0.1) is 0 Å². The van der Waals surface area contributed by atoms with Crippen LogP contribution in [0, 0.1) is 0 Å². The molecular weight excluding hydrogens is 428 g/mol. The summed E-state index contributed by atoms with van der Waals surface area (Å²) in [6, 6.07) is 23.1. The van der Waals surface area contributed by atoms with Crippen LogP contribution >= 0.6 is 0 Å². The van der Waals surface area contributed by atoms with Crippen LogP contribution in [-0.4, -0.2) is 38.1 Å². The van der Waals surface area contributed by atoms with Gasteiger partial charge in [-0.05, 0) is 61.1 Å². The van der Waals surface area contributed by atoms with Gasteiger partial charge in [0.1, 0.15) is 11.5 Å². The molecule has 174 valence electrons. The molecule has 3 aromatic rings. The first-order valence-corrected chi connectivity index (χ1v) is 11.8. The quantitative estimate of drug-likeness (QED) is 0.552. The van der Waals surface area contributed by atoms with E-state index in [-0.39, 0.29) is 25.0 Å². The summed E-state index contributed by atoms with van der Waals surface area (Å²) >= 11 is 0. The standard InChI is InChI=1S/C28H28N2O4/c31-27(29-16-6-10-21-8-1-3-14-25(21)29)19-33-23-12-5-13-24(18-23)34-20-28(32)30-17-7-11-22-9-2-4-15-26(22)30/h1-5,8-9,12-15,18H,6-7,10-11,16-17,19-20H2. The molecule has 0 atom stereocenters. The van der Waals surface area contributed by atoms with Gasteiger partial charge < -0.3 is 19.3 Å². The third-order valence-electron chi connectivity index (χ3n) is 6.35. The normalized spacial score (nSPS) is 14.7. The zero-order valence-electron chi connectivity index (χ0n) is 19.1. The van der Waals surface area contributed by atoms with Crippen LogP contribution < -0.4 is 19.3 Å². The van der Waals surface area contributed by atoms with Crippen LogP contribution in [0.1, 0.15) is 24.0 Å². The van der Waals surface area contributed by atoms with Gasteiger partial charge in [0.2, 0.25) is 0 Å². The van der Waals surface area contributed by atoms with Crippen LogP contribution in [0.3, 0.4) is 0 Å². The second-order valence-electron chi connectivity index (χ2n) is 8.61. The molecule has 2 heterocycles. The molecule has 5 rings (SSSR count). The number of hydrogen-bond acceptors (Lipinski definition) is 4. The Balaban J connectivity index is 1.17. The molecule has 0 unspecified atom stereocenters. The topological polar surface area (TPSA) is 59.1 Å². The molecule has 2 amide bonds. The Morgan fingerprint density at radius 2 is 1.12 bits per heavy atom. The van der Waals surface area contributed by atoms with Gasteiger partial charge in [-0.15, -0.1) is 0 Å². The van der Waals surface area contributed by atoms with E-state index < -0.39 is 0 Å². The van der Waals surface area contributed by atoms with E-state index in [1.807, 2.05) is 36.4 Å². The van der Waals surface area contributed by atoms with Gasteiger partial charge in [-0.25, -0.2) is 0 Å². The van der Waals surface area contributed by atoms with Gasteiger partial charge in [0, 0.05) is 30.5 Å². The number of carbonyl (C=O) groups is 2. The Kier molecular flexibility index (Phi) is 6.47. The van der Waals surface area contributed by atoms with Gasteiger partial charge in [-0.3, -0.25) is 9.59 Å². The van der Waals surface area contributed by atoms with Crippen LogP contribution in [0.2, 0.25) is 0 Å². The fourth-order valence-electron chi connectivity index (χ4n) is 4.69. The predicted molar refractivity (Wildman–Crippen MR) is 132 cm³/mol. The van der Waals surface area contributed by atoms with Crippen LogP contribution in [0.4, 0.5) is 11.4 Å². The molecule has 0 saturated heterocycles. The Morgan fingerprint density at radius 1 is 0.647 bits per heavy atom. The molecule has 0 spiro atoms. The highest BCUT2D eigenvalue weighted by molar-refractivity contribution is 5.96. The Morgan fingerprint density at radius 3 is 1.62 bits per heavy atom. The number of anilines is 2. The van der Waals surface area contributed by atoms with Crippen molar-refractivity contribution in [2.24, 2.45) is 0 Å². The van der Waals surface area contributed by atoms with Crippen LogP contribution in [-0.2, 0) is 22.4 Å². The average molecular weight is 457 g/mol. The summed E-state index contributed by atoms with van der Waals surface area (Å²) in [5.41, 5.74) is 4.33. The largest absolute Gasteiger partial charge is 0.484 e. The van der Waals surface area contributed by atoms with E-state index in [0.717, 1.165) is 37.1 Å². The minimum atomic E-state index is -0.0718. The first-order valence-electron chi connectivity index (χ1n) is 11.8. The molecule has 0 N–H and O–H groups in total. The molecule has 0 fully saturated rings. The monoisotopic (exact) mass is 456 g/mol. The van der Waals surface area contributed by atoms with Crippen LogP contribution in [0.25, 0.3) is 0 Å². The fourth-order valence-corrected chi connectivity index (χ4v) is 4.69. The molecule has 0 aliphatic carbocycles. The summed E-state index contributed by atoms with van der Waals surface area (Å²) in [6.07, 6.45) is 3.87. The molecule has 0 aromatic heterocycles.